The molecule has 120 valence electrons. The molecule has 0 aliphatic carbocycles. The summed E-state index contributed by atoms with van der Waals surface area (Å²) in [6.45, 7) is 1.79. The zero-order valence-electron chi connectivity index (χ0n) is 13.4. The first-order chi connectivity index (χ1) is 11.8. The molecule has 1 amide bonds. The lowest BCUT2D eigenvalue weighted by molar-refractivity contribution is -0.124. The van der Waals surface area contributed by atoms with Crippen LogP contribution in [0.4, 0.5) is 0 Å². The Morgan fingerprint density at radius 3 is 2.50 bits per heavy atom. The van der Waals surface area contributed by atoms with E-state index in [9.17, 15) is 4.79 Å². The number of hydrogen-bond donors (Lipinski definition) is 0. The highest BCUT2D eigenvalue weighted by molar-refractivity contribution is 7.22. The molecule has 0 unspecified atom stereocenters. The average molecular weight is 333 g/mol. The zero-order chi connectivity index (χ0) is 16.4. The smallest absolute Gasteiger partial charge is 0.246 e. The fourth-order valence-electron chi connectivity index (χ4n) is 3.09. The molecule has 1 aliphatic heterocycles. The molecule has 1 fully saturated rings. The van der Waals surface area contributed by atoms with Crippen molar-refractivity contribution in [2.24, 2.45) is 0 Å². The Bertz CT molecular complexity index is 853. The summed E-state index contributed by atoms with van der Waals surface area (Å²) >= 11 is 1.81. The minimum atomic E-state index is 0.126. The van der Waals surface area contributed by atoms with Gasteiger partial charge >= 0.3 is 0 Å². The molecule has 2 aromatic carbocycles. The quantitative estimate of drug-likeness (QED) is 0.603. The van der Waals surface area contributed by atoms with Crippen molar-refractivity contribution in [3.05, 3.63) is 66.2 Å². The van der Waals surface area contributed by atoms with Gasteiger partial charge in [-0.25, -0.2) is 0 Å². The summed E-state index contributed by atoms with van der Waals surface area (Å²) in [4.78, 5) is 15.2. The van der Waals surface area contributed by atoms with Crippen molar-refractivity contribution in [1.82, 2.24) is 4.90 Å². The van der Waals surface area contributed by atoms with Crippen LogP contribution in [0.1, 0.15) is 18.4 Å². The van der Waals surface area contributed by atoms with Crippen molar-refractivity contribution in [2.45, 2.75) is 12.8 Å². The van der Waals surface area contributed by atoms with Gasteiger partial charge in [-0.3, -0.25) is 4.79 Å². The normalized spacial score (nSPS) is 14.8. The Morgan fingerprint density at radius 1 is 1.00 bits per heavy atom. The van der Waals surface area contributed by atoms with E-state index in [0.717, 1.165) is 31.5 Å². The predicted octanol–water partition coefficient (Wildman–Crippen LogP) is 5.20. The van der Waals surface area contributed by atoms with Gasteiger partial charge < -0.3 is 4.90 Å². The summed E-state index contributed by atoms with van der Waals surface area (Å²) in [6, 6.07) is 19.1. The van der Waals surface area contributed by atoms with Gasteiger partial charge in [0, 0.05) is 28.7 Å². The Morgan fingerprint density at radius 2 is 1.75 bits per heavy atom. The van der Waals surface area contributed by atoms with Gasteiger partial charge in [0.05, 0.1) is 0 Å². The van der Waals surface area contributed by atoms with Crippen LogP contribution in [0.3, 0.4) is 0 Å². The van der Waals surface area contributed by atoms with Gasteiger partial charge in [-0.15, -0.1) is 11.3 Å². The number of nitrogens with zero attached hydrogens (tertiary/aromatic N) is 1. The number of carbonyl (C=O) groups excluding carboxylic acids is 1. The summed E-state index contributed by atoms with van der Waals surface area (Å²) < 4.78 is 1.31. The summed E-state index contributed by atoms with van der Waals surface area (Å²) in [6.07, 6.45) is 5.86. The van der Waals surface area contributed by atoms with Crippen molar-refractivity contribution in [1.29, 1.82) is 0 Å². The second kappa shape index (κ2) is 6.62. The van der Waals surface area contributed by atoms with Gasteiger partial charge in [0.1, 0.15) is 0 Å². The van der Waals surface area contributed by atoms with Crippen LogP contribution in [0.25, 0.3) is 26.6 Å². The van der Waals surface area contributed by atoms with Crippen molar-refractivity contribution in [2.75, 3.05) is 13.1 Å². The van der Waals surface area contributed by atoms with E-state index in [2.05, 4.69) is 54.6 Å². The average Bonchev–Trinajstić information content (AvgIpc) is 3.29. The third kappa shape index (κ3) is 3.13. The van der Waals surface area contributed by atoms with Crippen LogP contribution in [0, 0.1) is 0 Å². The molecule has 0 bridgehead atoms. The van der Waals surface area contributed by atoms with Gasteiger partial charge in [0.15, 0.2) is 0 Å². The topological polar surface area (TPSA) is 20.3 Å². The second-order valence-corrected chi connectivity index (χ2v) is 7.22. The SMILES string of the molecule is O=C(C=Cc1ccc(-c2cc3ccccc3s2)cc1)N1CCCC1. The molecule has 24 heavy (non-hydrogen) atoms. The summed E-state index contributed by atoms with van der Waals surface area (Å²) in [5.74, 6) is 0.126. The van der Waals surface area contributed by atoms with E-state index in [0.29, 0.717) is 0 Å². The van der Waals surface area contributed by atoms with Gasteiger partial charge in [0.25, 0.3) is 0 Å². The van der Waals surface area contributed by atoms with Gasteiger partial charge in [0.2, 0.25) is 5.91 Å². The van der Waals surface area contributed by atoms with Crippen molar-refractivity contribution < 1.29 is 4.79 Å². The molecule has 4 rings (SSSR count). The van der Waals surface area contributed by atoms with Crippen molar-refractivity contribution in [3.8, 4) is 10.4 Å². The van der Waals surface area contributed by atoms with Crippen LogP contribution in [-0.2, 0) is 4.79 Å². The first-order valence-electron chi connectivity index (χ1n) is 8.36. The summed E-state index contributed by atoms with van der Waals surface area (Å²) in [7, 11) is 0. The first kappa shape index (κ1) is 15.2. The molecule has 0 spiro atoms. The lowest BCUT2D eigenvalue weighted by Crippen LogP contribution is -2.25. The molecule has 0 atom stereocenters. The van der Waals surface area contributed by atoms with E-state index >= 15 is 0 Å². The van der Waals surface area contributed by atoms with Crippen molar-refractivity contribution in [3.63, 3.8) is 0 Å². The molecular formula is C21H19NOS. The lowest BCUT2D eigenvalue weighted by atomic mass is 10.1. The Kier molecular flexibility index (Phi) is 4.18. The minimum absolute atomic E-state index is 0.126. The maximum Gasteiger partial charge on any atom is 0.246 e. The number of rotatable bonds is 3. The standard InChI is InChI=1S/C21H19NOS/c23-21(22-13-3-4-14-22)12-9-16-7-10-17(11-8-16)20-15-18-5-1-2-6-19(18)24-20/h1-2,5-12,15H,3-4,13-14H2. The number of thiophene rings is 1. The molecule has 0 radical (unpaired) electrons. The summed E-state index contributed by atoms with van der Waals surface area (Å²) in [5, 5.41) is 1.29. The van der Waals surface area contributed by atoms with E-state index in [-0.39, 0.29) is 5.91 Å². The van der Waals surface area contributed by atoms with Crippen molar-refractivity contribution >= 4 is 33.4 Å². The number of carbonyl (C=O) groups is 1. The van der Waals surface area contributed by atoms with Crippen LogP contribution < -0.4 is 0 Å². The molecule has 0 saturated carbocycles. The van der Waals surface area contributed by atoms with Gasteiger partial charge in [-0.05, 0) is 47.6 Å². The van der Waals surface area contributed by atoms with E-state index in [1.54, 1.807) is 6.08 Å². The molecular weight excluding hydrogens is 314 g/mol. The second-order valence-electron chi connectivity index (χ2n) is 6.14. The molecule has 1 aromatic heterocycles. The van der Waals surface area contributed by atoms with Gasteiger partial charge in [-0.2, -0.15) is 0 Å². The maximum atomic E-state index is 12.0. The number of hydrogen-bond acceptors (Lipinski definition) is 2. The molecule has 2 nitrogen and oxygen atoms in total. The zero-order valence-corrected chi connectivity index (χ0v) is 14.3. The van der Waals surface area contributed by atoms with Crippen LogP contribution in [-0.4, -0.2) is 23.9 Å². The Labute approximate surface area is 146 Å². The largest absolute Gasteiger partial charge is 0.339 e. The Hall–Kier alpha value is -2.39. The molecule has 3 heteroatoms. The van der Waals surface area contributed by atoms with Crippen LogP contribution in [0.15, 0.2) is 60.7 Å². The number of likely N-dealkylation sites (tertiary alicyclic amines) is 1. The molecule has 1 saturated heterocycles. The number of amides is 1. The third-order valence-corrected chi connectivity index (χ3v) is 5.62. The van der Waals surface area contributed by atoms with E-state index < -0.39 is 0 Å². The molecule has 0 N–H and O–H groups in total. The van der Waals surface area contributed by atoms with Crippen LogP contribution >= 0.6 is 11.3 Å². The number of benzene rings is 2. The summed E-state index contributed by atoms with van der Waals surface area (Å²) in [5.41, 5.74) is 2.28. The highest BCUT2D eigenvalue weighted by Gasteiger charge is 2.14. The first-order valence-corrected chi connectivity index (χ1v) is 9.17. The minimum Gasteiger partial charge on any atom is -0.339 e. The fraction of sp³-hybridized carbons (Fsp3) is 0.190. The van der Waals surface area contributed by atoms with Crippen LogP contribution in [0.2, 0.25) is 0 Å². The van der Waals surface area contributed by atoms with E-state index in [1.807, 2.05) is 22.3 Å². The molecule has 1 aliphatic rings. The monoisotopic (exact) mass is 333 g/mol. The maximum absolute atomic E-state index is 12.0. The van der Waals surface area contributed by atoms with E-state index in [4.69, 9.17) is 0 Å². The predicted molar refractivity (Wildman–Crippen MR) is 102 cm³/mol. The van der Waals surface area contributed by atoms with Gasteiger partial charge in [-0.1, -0.05) is 42.5 Å². The highest BCUT2D eigenvalue weighted by Crippen LogP contribution is 2.33. The number of fused-ring (bicyclic) bond motifs is 1. The molecule has 3 aromatic rings. The molecule has 2 heterocycles. The van der Waals surface area contributed by atoms with E-state index in [1.165, 1.54) is 20.5 Å². The highest BCUT2D eigenvalue weighted by atomic mass is 32.1. The third-order valence-electron chi connectivity index (χ3n) is 4.46. The van der Waals surface area contributed by atoms with Crippen LogP contribution in [0.5, 0.6) is 0 Å². The Balaban J connectivity index is 1.50. The fourth-order valence-corrected chi connectivity index (χ4v) is 4.16. The lowest BCUT2D eigenvalue weighted by Gasteiger charge is -2.11.